The van der Waals surface area contributed by atoms with Gasteiger partial charge in [0.1, 0.15) is 11.5 Å². The van der Waals surface area contributed by atoms with Gasteiger partial charge in [-0.25, -0.2) is 9.79 Å². The minimum absolute atomic E-state index is 0.199. The van der Waals surface area contributed by atoms with E-state index < -0.39 is 5.97 Å². The van der Waals surface area contributed by atoms with Gasteiger partial charge in [-0.05, 0) is 50.3 Å². The van der Waals surface area contributed by atoms with Gasteiger partial charge in [0.25, 0.3) is 0 Å². The molecule has 2 aromatic carbocycles. The van der Waals surface area contributed by atoms with E-state index in [1.165, 1.54) is 0 Å². The van der Waals surface area contributed by atoms with Crippen LogP contribution in [0.4, 0.5) is 0 Å². The second kappa shape index (κ2) is 8.06. The van der Waals surface area contributed by atoms with Crippen molar-refractivity contribution < 1.29 is 19.0 Å². The van der Waals surface area contributed by atoms with E-state index in [2.05, 4.69) is 4.99 Å². The molecule has 5 nitrogen and oxygen atoms in total. The average Bonchev–Trinajstić information content (AvgIpc) is 2.98. The van der Waals surface area contributed by atoms with E-state index in [1.54, 1.807) is 36.4 Å². The van der Waals surface area contributed by atoms with Crippen LogP contribution in [0.3, 0.4) is 0 Å². The third-order valence-corrected chi connectivity index (χ3v) is 3.82. The van der Waals surface area contributed by atoms with Gasteiger partial charge in [-0.1, -0.05) is 17.7 Å². The first-order chi connectivity index (χ1) is 12.6. The fraction of sp³-hybridized carbons (Fsp3) is 0.200. The molecule has 1 aliphatic heterocycles. The van der Waals surface area contributed by atoms with E-state index in [4.69, 9.17) is 25.8 Å². The molecule has 0 saturated carbocycles. The number of esters is 1. The lowest BCUT2D eigenvalue weighted by atomic mass is 10.1. The lowest BCUT2D eigenvalue weighted by Gasteiger charge is -2.10. The van der Waals surface area contributed by atoms with Crippen LogP contribution in [0.2, 0.25) is 5.02 Å². The van der Waals surface area contributed by atoms with E-state index in [-0.39, 0.29) is 11.6 Å². The third-order valence-electron chi connectivity index (χ3n) is 3.58. The smallest absolute Gasteiger partial charge is 0.363 e. The van der Waals surface area contributed by atoms with Crippen molar-refractivity contribution >= 4 is 29.5 Å². The molecule has 0 spiro atoms. The van der Waals surface area contributed by atoms with Crippen LogP contribution >= 0.6 is 11.6 Å². The van der Waals surface area contributed by atoms with Gasteiger partial charge < -0.3 is 14.2 Å². The van der Waals surface area contributed by atoms with Crippen LogP contribution in [-0.2, 0) is 9.53 Å². The number of benzene rings is 2. The number of aliphatic imine (C=N–C) groups is 1. The zero-order valence-corrected chi connectivity index (χ0v) is 15.2. The number of halogens is 1. The Hall–Kier alpha value is -2.79. The molecule has 0 saturated heterocycles. The molecule has 2 aromatic rings. The maximum atomic E-state index is 12.2. The van der Waals surface area contributed by atoms with Gasteiger partial charge in [0.05, 0.1) is 13.2 Å². The van der Waals surface area contributed by atoms with Crippen LogP contribution in [-0.4, -0.2) is 25.1 Å². The highest BCUT2D eigenvalue weighted by atomic mass is 35.5. The molecular weight excluding hydrogens is 354 g/mol. The molecule has 0 unspecified atom stereocenters. The molecule has 0 aromatic heterocycles. The molecule has 26 heavy (non-hydrogen) atoms. The summed E-state index contributed by atoms with van der Waals surface area (Å²) in [7, 11) is 0. The maximum Gasteiger partial charge on any atom is 0.363 e. The zero-order chi connectivity index (χ0) is 18.5. The van der Waals surface area contributed by atoms with Crippen LogP contribution in [0, 0.1) is 0 Å². The summed E-state index contributed by atoms with van der Waals surface area (Å²) in [4.78, 5) is 16.5. The van der Waals surface area contributed by atoms with Crippen molar-refractivity contribution in [2.75, 3.05) is 13.2 Å². The van der Waals surface area contributed by atoms with Crippen LogP contribution in [0.1, 0.15) is 25.0 Å². The molecule has 0 fully saturated rings. The topological polar surface area (TPSA) is 57.1 Å². The summed E-state index contributed by atoms with van der Waals surface area (Å²) in [5.74, 6) is 1.03. The summed E-state index contributed by atoms with van der Waals surface area (Å²) in [6.07, 6.45) is 1.64. The van der Waals surface area contributed by atoms with Crippen LogP contribution < -0.4 is 9.47 Å². The van der Waals surface area contributed by atoms with Gasteiger partial charge in [0.2, 0.25) is 5.90 Å². The number of hydrogen-bond donors (Lipinski definition) is 0. The van der Waals surface area contributed by atoms with Gasteiger partial charge in [0.15, 0.2) is 5.70 Å². The fourth-order valence-corrected chi connectivity index (χ4v) is 2.66. The number of carbonyl (C=O) groups excluding carboxylic acids is 1. The molecule has 0 N–H and O–H groups in total. The van der Waals surface area contributed by atoms with Gasteiger partial charge in [0, 0.05) is 22.2 Å². The van der Waals surface area contributed by atoms with Crippen molar-refractivity contribution in [1.29, 1.82) is 0 Å². The summed E-state index contributed by atoms with van der Waals surface area (Å²) in [5, 5.41) is 0.545. The predicted molar refractivity (Wildman–Crippen MR) is 101 cm³/mol. The summed E-state index contributed by atoms with van der Waals surface area (Å²) in [5.41, 5.74) is 1.56. The average molecular weight is 372 g/mol. The first-order valence-corrected chi connectivity index (χ1v) is 8.66. The SMILES string of the molecule is CCOc1ccc(/C=C2\N=C(c3cccc(Cl)c3)OC2=O)c(OCC)c1. The lowest BCUT2D eigenvalue weighted by molar-refractivity contribution is -0.129. The van der Waals surface area contributed by atoms with E-state index >= 15 is 0 Å². The molecule has 1 aliphatic rings. The molecule has 3 rings (SSSR count). The quantitative estimate of drug-likeness (QED) is 0.555. The molecule has 134 valence electrons. The van der Waals surface area contributed by atoms with Crippen LogP contribution in [0.15, 0.2) is 53.2 Å². The molecule has 1 heterocycles. The standard InChI is InChI=1S/C20H18ClNO4/c1-3-24-16-9-8-13(18(12-16)25-4-2)11-17-20(23)26-19(22-17)14-6-5-7-15(21)10-14/h5-12H,3-4H2,1-2H3/b17-11-. The van der Waals surface area contributed by atoms with E-state index in [0.717, 1.165) is 5.56 Å². The molecule has 0 radical (unpaired) electrons. The van der Waals surface area contributed by atoms with E-state index in [9.17, 15) is 4.79 Å². The third kappa shape index (κ3) is 4.06. The number of carbonyl (C=O) groups is 1. The minimum Gasteiger partial charge on any atom is -0.494 e. The van der Waals surface area contributed by atoms with Crippen LogP contribution in [0.5, 0.6) is 11.5 Å². The molecule has 6 heteroatoms. The van der Waals surface area contributed by atoms with Crippen molar-refractivity contribution in [3.63, 3.8) is 0 Å². The highest BCUT2D eigenvalue weighted by Crippen LogP contribution is 2.29. The molecule has 0 aliphatic carbocycles. The Labute approximate surface area is 156 Å². The van der Waals surface area contributed by atoms with Gasteiger partial charge in [-0.2, -0.15) is 0 Å². The maximum absolute atomic E-state index is 12.2. The Morgan fingerprint density at radius 3 is 2.65 bits per heavy atom. The normalized spacial score (nSPS) is 15.0. The summed E-state index contributed by atoms with van der Waals surface area (Å²) in [6.45, 7) is 4.86. The number of hydrogen-bond acceptors (Lipinski definition) is 5. The van der Waals surface area contributed by atoms with Crippen molar-refractivity contribution in [3.8, 4) is 11.5 Å². The number of cyclic esters (lactones) is 1. The lowest BCUT2D eigenvalue weighted by Crippen LogP contribution is -2.05. The molecule has 0 amide bonds. The number of nitrogens with zero attached hydrogens (tertiary/aromatic N) is 1. The second-order valence-corrected chi connectivity index (χ2v) is 5.85. The monoisotopic (exact) mass is 371 g/mol. The Morgan fingerprint density at radius 2 is 1.92 bits per heavy atom. The minimum atomic E-state index is -0.517. The van der Waals surface area contributed by atoms with Gasteiger partial charge in [-0.3, -0.25) is 0 Å². The highest BCUT2D eigenvalue weighted by molar-refractivity contribution is 6.31. The van der Waals surface area contributed by atoms with E-state index in [1.807, 2.05) is 26.0 Å². The summed E-state index contributed by atoms with van der Waals surface area (Å²) in [6, 6.07) is 12.4. The number of rotatable bonds is 6. The van der Waals surface area contributed by atoms with Crippen molar-refractivity contribution in [1.82, 2.24) is 0 Å². The predicted octanol–water partition coefficient (Wildman–Crippen LogP) is 4.48. The summed E-state index contributed by atoms with van der Waals surface area (Å²) < 4.78 is 16.4. The fourth-order valence-electron chi connectivity index (χ4n) is 2.47. The van der Waals surface area contributed by atoms with E-state index in [0.29, 0.717) is 35.3 Å². The molecular formula is C20H18ClNO4. The van der Waals surface area contributed by atoms with Gasteiger partial charge in [-0.15, -0.1) is 0 Å². The number of ether oxygens (including phenoxy) is 3. The Kier molecular flexibility index (Phi) is 5.58. The Bertz CT molecular complexity index is 889. The Balaban J connectivity index is 1.95. The second-order valence-electron chi connectivity index (χ2n) is 5.41. The highest BCUT2D eigenvalue weighted by Gasteiger charge is 2.24. The van der Waals surface area contributed by atoms with Crippen molar-refractivity contribution in [2.24, 2.45) is 4.99 Å². The molecule has 0 atom stereocenters. The first kappa shape index (κ1) is 18.0. The Morgan fingerprint density at radius 1 is 1.12 bits per heavy atom. The largest absolute Gasteiger partial charge is 0.494 e. The zero-order valence-electron chi connectivity index (χ0n) is 14.5. The van der Waals surface area contributed by atoms with Crippen LogP contribution in [0.25, 0.3) is 6.08 Å². The van der Waals surface area contributed by atoms with Gasteiger partial charge >= 0.3 is 5.97 Å². The first-order valence-electron chi connectivity index (χ1n) is 8.29. The van der Waals surface area contributed by atoms with Crippen molar-refractivity contribution in [2.45, 2.75) is 13.8 Å². The summed E-state index contributed by atoms with van der Waals surface area (Å²) >= 11 is 5.98. The molecule has 0 bridgehead atoms. The van der Waals surface area contributed by atoms with Crippen molar-refractivity contribution in [3.05, 3.63) is 64.3 Å².